The van der Waals surface area contributed by atoms with Crippen molar-refractivity contribution in [1.82, 2.24) is 9.97 Å². The van der Waals surface area contributed by atoms with Crippen molar-refractivity contribution >= 4 is 32.9 Å². The number of nitrogens with zero attached hydrogens (tertiary/aromatic N) is 1. The number of hydrogen-bond acceptors (Lipinski definition) is 2. The number of rotatable bonds is 2. The second-order valence-electron chi connectivity index (χ2n) is 4.22. The normalized spacial score (nSPS) is 10.9. The summed E-state index contributed by atoms with van der Waals surface area (Å²) in [5.74, 6) is -1.07. The van der Waals surface area contributed by atoms with Gasteiger partial charge in [0.25, 0.3) is 0 Å². The zero-order chi connectivity index (χ0) is 14.3. The van der Waals surface area contributed by atoms with Gasteiger partial charge in [-0.25, -0.2) is 14.2 Å². The van der Waals surface area contributed by atoms with E-state index in [1.807, 2.05) is 0 Å². The first kappa shape index (κ1) is 12.8. The molecule has 0 spiro atoms. The largest absolute Gasteiger partial charge is 0.478 e. The van der Waals surface area contributed by atoms with Crippen LogP contribution in [0.3, 0.4) is 0 Å². The summed E-state index contributed by atoms with van der Waals surface area (Å²) >= 11 is 3.12. The Morgan fingerprint density at radius 3 is 2.85 bits per heavy atom. The smallest absolute Gasteiger partial charge is 0.335 e. The van der Waals surface area contributed by atoms with Gasteiger partial charge in [0, 0.05) is 0 Å². The van der Waals surface area contributed by atoms with Gasteiger partial charge < -0.3 is 10.1 Å². The minimum atomic E-state index is -1.02. The number of H-pyrrole nitrogens is 1. The van der Waals surface area contributed by atoms with Gasteiger partial charge in [-0.2, -0.15) is 0 Å². The number of hydrogen-bond donors (Lipinski definition) is 2. The maximum atomic E-state index is 14.0. The Hall–Kier alpha value is -2.21. The van der Waals surface area contributed by atoms with Crippen molar-refractivity contribution < 1.29 is 14.3 Å². The molecule has 4 nitrogen and oxygen atoms in total. The number of aromatic amines is 1. The molecule has 0 radical (unpaired) electrons. The average Bonchev–Trinajstić information content (AvgIpc) is 2.84. The third-order valence-electron chi connectivity index (χ3n) is 2.94. The molecule has 3 aromatic rings. The molecule has 20 heavy (non-hydrogen) atoms. The summed E-state index contributed by atoms with van der Waals surface area (Å²) in [6.45, 7) is 0. The molecule has 0 unspecified atom stereocenters. The molecule has 0 amide bonds. The molecule has 1 heterocycles. The van der Waals surface area contributed by atoms with Gasteiger partial charge in [-0.1, -0.05) is 6.07 Å². The number of carboxylic acid groups (broad SMARTS) is 1. The highest BCUT2D eigenvalue weighted by Crippen LogP contribution is 2.27. The molecule has 0 aliphatic carbocycles. The Labute approximate surface area is 121 Å². The van der Waals surface area contributed by atoms with Crippen LogP contribution in [-0.2, 0) is 0 Å². The maximum absolute atomic E-state index is 14.0. The van der Waals surface area contributed by atoms with E-state index >= 15 is 0 Å². The topological polar surface area (TPSA) is 66.0 Å². The van der Waals surface area contributed by atoms with Crippen molar-refractivity contribution in [3.63, 3.8) is 0 Å². The van der Waals surface area contributed by atoms with Gasteiger partial charge in [-0.3, -0.25) is 0 Å². The summed E-state index contributed by atoms with van der Waals surface area (Å²) < 4.78 is 14.4. The number of benzene rings is 2. The first-order valence-electron chi connectivity index (χ1n) is 5.73. The Balaban J connectivity index is 2.18. The van der Waals surface area contributed by atoms with E-state index in [4.69, 9.17) is 5.11 Å². The van der Waals surface area contributed by atoms with E-state index in [1.165, 1.54) is 12.1 Å². The molecule has 2 aromatic carbocycles. The molecule has 0 aliphatic rings. The fourth-order valence-electron chi connectivity index (χ4n) is 1.96. The molecule has 0 fully saturated rings. The summed E-state index contributed by atoms with van der Waals surface area (Å²) in [7, 11) is 0. The van der Waals surface area contributed by atoms with Crippen molar-refractivity contribution in [2.45, 2.75) is 0 Å². The Morgan fingerprint density at radius 1 is 1.30 bits per heavy atom. The van der Waals surface area contributed by atoms with Crippen molar-refractivity contribution in [2.24, 2.45) is 0 Å². The zero-order valence-corrected chi connectivity index (χ0v) is 11.6. The van der Waals surface area contributed by atoms with E-state index in [2.05, 4.69) is 25.9 Å². The van der Waals surface area contributed by atoms with Crippen LogP contribution in [0.5, 0.6) is 0 Å². The van der Waals surface area contributed by atoms with Gasteiger partial charge in [0.05, 0.1) is 26.6 Å². The van der Waals surface area contributed by atoms with E-state index in [1.54, 1.807) is 24.3 Å². The Kier molecular flexibility index (Phi) is 3.02. The van der Waals surface area contributed by atoms with Crippen LogP contribution in [0.2, 0.25) is 0 Å². The molecule has 6 heteroatoms. The van der Waals surface area contributed by atoms with E-state index in [0.29, 0.717) is 26.9 Å². The van der Waals surface area contributed by atoms with Crippen molar-refractivity contribution in [2.75, 3.05) is 0 Å². The first-order valence-corrected chi connectivity index (χ1v) is 6.53. The van der Waals surface area contributed by atoms with Crippen molar-refractivity contribution in [3.05, 3.63) is 52.3 Å². The lowest BCUT2D eigenvalue weighted by molar-refractivity contribution is 0.0697. The third-order valence-corrected chi connectivity index (χ3v) is 3.55. The van der Waals surface area contributed by atoms with Crippen LogP contribution in [0.1, 0.15) is 10.4 Å². The molecule has 2 N–H and O–H groups in total. The number of nitrogens with one attached hydrogen (secondary N) is 1. The molecule has 3 rings (SSSR count). The van der Waals surface area contributed by atoms with E-state index < -0.39 is 11.8 Å². The number of aromatic nitrogens is 2. The predicted octanol–water partition coefficient (Wildman–Crippen LogP) is 3.83. The van der Waals surface area contributed by atoms with Gasteiger partial charge in [0.2, 0.25) is 0 Å². The molecule has 0 saturated heterocycles. The lowest BCUT2D eigenvalue weighted by Gasteiger charge is -2.00. The van der Waals surface area contributed by atoms with Gasteiger partial charge in [0.15, 0.2) is 0 Å². The fourth-order valence-corrected chi connectivity index (χ4v) is 2.32. The molecule has 100 valence electrons. The molecule has 1 aromatic heterocycles. The average molecular weight is 335 g/mol. The monoisotopic (exact) mass is 334 g/mol. The molecule has 0 saturated carbocycles. The van der Waals surface area contributed by atoms with Gasteiger partial charge in [0.1, 0.15) is 11.6 Å². The van der Waals surface area contributed by atoms with Crippen LogP contribution in [0.15, 0.2) is 40.9 Å². The van der Waals surface area contributed by atoms with Crippen LogP contribution < -0.4 is 0 Å². The number of halogens is 2. The summed E-state index contributed by atoms with van der Waals surface area (Å²) in [4.78, 5) is 18.1. The maximum Gasteiger partial charge on any atom is 0.335 e. The summed E-state index contributed by atoms with van der Waals surface area (Å²) in [6, 6.07) is 9.45. The van der Waals surface area contributed by atoms with E-state index in [0.717, 1.165) is 0 Å². The lowest BCUT2D eigenvalue weighted by atomic mass is 10.2. The number of carboxylic acids is 1. The second-order valence-corrected chi connectivity index (χ2v) is 5.08. The molecule has 0 bridgehead atoms. The Morgan fingerprint density at radius 2 is 2.10 bits per heavy atom. The molecular formula is C14H8BrFN2O2. The highest BCUT2D eigenvalue weighted by atomic mass is 79.9. The molecule has 0 aliphatic heterocycles. The van der Waals surface area contributed by atoms with Crippen LogP contribution in [0, 0.1) is 5.82 Å². The lowest BCUT2D eigenvalue weighted by Crippen LogP contribution is -1.94. The quantitative estimate of drug-likeness (QED) is 0.748. The van der Waals surface area contributed by atoms with Crippen LogP contribution in [0.25, 0.3) is 22.4 Å². The van der Waals surface area contributed by atoms with Crippen LogP contribution in [0.4, 0.5) is 4.39 Å². The predicted molar refractivity (Wildman–Crippen MR) is 76.1 cm³/mol. The number of fused-ring (bicyclic) bond motifs is 1. The highest BCUT2D eigenvalue weighted by molar-refractivity contribution is 9.10. The first-order chi connectivity index (χ1) is 9.56. The number of aromatic carboxylic acids is 1. The van der Waals surface area contributed by atoms with Crippen molar-refractivity contribution in [3.8, 4) is 11.4 Å². The Bertz CT molecular complexity index is 829. The number of carbonyl (C=O) groups is 1. The third kappa shape index (κ3) is 2.08. The van der Waals surface area contributed by atoms with E-state index in [-0.39, 0.29) is 5.56 Å². The second kappa shape index (κ2) is 4.72. The standard InChI is InChI=1S/C14H8BrFN2O2/c15-9-3-1-2-8(12(9)16)13-17-10-5-4-7(14(19)20)6-11(10)18-13/h1-6H,(H,17,18)(H,19,20). The minimum absolute atomic E-state index is 0.155. The van der Waals surface area contributed by atoms with Crippen molar-refractivity contribution in [1.29, 1.82) is 0 Å². The SMILES string of the molecule is O=C(O)c1ccc2nc(-c3cccc(Br)c3F)[nH]c2c1. The summed E-state index contributed by atoms with van der Waals surface area (Å²) in [6.07, 6.45) is 0. The number of imidazole rings is 1. The van der Waals surface area contributed by atoms with Gasteiger partial charge >= 0.3 is 5.97 Å². The summed E-state index contributed by atoms with van der Waals surface area (Å²) in [5.41, 5.74) is 1.62. The van der Waals surface area contributed by atoms with E-state index in [9.17, 15) is 9.18 Å². The van der Waals surface area contributed by atoms with Crippen LogP contribution >= 0.6 is 15.9 Å². The molecular weight excluding hydrogens is 327 g/mol. The van der Waals surface area contributed by atoms with Gasteiger partial charge in [-0.05, 0) is 46.3 Å². The van der Waals surface area contributed by atoms with Gasteiger partial charge in [-0.15, -0.1) is 0 Å². The molecule has 0 atom stereocenters. The van der Waals surface area contributed by atoms with Crippen LogP contribution in [-0.4, -0.2) is 21.0 Å². The minimum Gasteiger partial charge on any atom is -0.478 e. The fraction of sp³-hybridized carbons (Fsp3) is 0. The highest BCUT2D eigenvalue weighted by Gasteiger charge is 2.13. The zero-order valence-electron chi connectivity index (χ0n) is 10.0. The summed E-state index contributed by atoms with van der Waals surface area (Å²) in [5, 5.41) is 8.95.